The van der Waals surface area contributed by atoms with Gasteiger partial charge in [0.1, 0.15) is 0 Å². The topological polar surface area (TPSA) is 58.9 Å². The van der Waals surface area contributed by atoms with E-state index in [-0.39, 0.29) is 12.1 Å². The van der Waals surface area contributed by atoms with Crippen molar-refractivity contribution in [1.29, 1.82) is 0 Å². The molecule has 2 rings (SSSR count). The van der Waals surface area contributed by atoms with Crippen LogP contribution in [0.15, 0.2) is 41.3 Å². The highest BCUT2D eigenvalue weighted by atomic mass is 16.1. The average Bonchev–Trinajstić information content (AvgIpc) is 2.31. The Morgan fingerprint density at radius 2 is 1.88 bits per heavy atom. The minimum atomic E-state index is -0.113. The summed E-state index contributed by atoms with van der Waals surface area (Å²) in [5, 5.41) is 0. The van der Waals surface area contributed by atoms with E-state index in [0.717, 1.165) is 11.1 Å². The number of nitrogens with two attached hydrogens (primary N) is 1. The molecule has 1 aromatic heterocycles. The number of hydrogen-bond acceptors (Lipinski definition) is 2. The predicted molar refractivity (Wildman–Crippen MR) is 65.1 cm³/mol. The number of rotatable bonds is 2. The molecule has 0 saturated carbocycles. The fourth-order valence-corrected chi connectivity index (χ4v) is 1.60. The largest absolute Gasteiger partial charge is 0.328 e. The maximum atomic E-state index is 11.4. The zero-order chi connectivity index (χ0) is 11.5. The van der Waals surface area contributed by atoms with Crippen LogP contribution in [0.5, 0.6) is 0 Å². The van der Waals surface area contributed by atoms with Crippen LogP contribution in [0.2, 0.25) is 0 Å². The molecular formula is C13H14N2O. The second kappa shape index (κ2) is 4.33. The monoisotopic (exact) mass is 214 g/mol. The van der Waals surface area contributed by atoms with Crippen molar-refractivity contribution in [2.45, 2.75) is 13.5 Å². The summed E-state index contributed by atoms with van der Waals surface area (Å²) in [7, 11) is 0. The van der Waals surface area contributed by atoms with Gasteiger partial charge in [0.15, 0.2) is 0 Å². The summed E-state index contributed by atoms with van der Waals surface area (Å²) in [6.07, 6.45) is 1.71. The zero-order valence-electron chi connectivity index (χ0n) is 9.16. The number of nitrogens with one attached hydrogen (secondary N) is 1. The van der Waals surface area contributed by atoms with Crippen LogP contribution in [0.4, 0.5) is 0 Å². The maximum absolute atomic E-state index is 11.4. The molecule has 0 amide bonds. The number of benzene rings is 1. The molecule has 16 heavy (non-hydrogen) atoms. The normalized spacial score (nSPS) is 10.4. The number of aromatic nitrogens is 1. The van der Waals surface area contributed by atoms with Gasteiger partial charge in [-0.3, -0.25) is 4.79 Å². The lowest BCUT2D eigenvalue weighted by Crippen LogP contribution is -2.15. The molecule has 0 saturated heterocycles. The van der Waals surface area contributed by atoms with E-state index >= 15 is 0 Å². The summed E-state index contributed by atoms with van der Waals surface area (Å²) in [4.78, 5) is 14.0. The smallest absolute Gasteiger partial charge is 0.252 e. The van der Waals surface area contributed by atoms with Gasteiger partial charge in [-0.25, -0.2) is 0 Å². The van der Waals surface area contributed by atoms with Crippen molar-refractivity contribution in [3.8, 4) is 11.1 Å². The molecule has 82 valence electrons. The molecule has 0 aliphatic carbocycles. The van der Waals surface area contributed by atoms with Crippen molar-refractivity contribution >= 4 is 0 Å². The third-order valence-electron chi connectivity index (χ3n) is 2.58. The Balaban J connectivity index is 2.48. The molecule has 3 heteroatoms. The summed E-state index contributed by atoms with van der Waals surface area (Å²) < 4.78 is 0. The van der Waals surface area contributed by atoms with Crippen LogP contribution in [0.1, 0.15) is 11.1 Å². The number of pyridine rings is 1. The average molecular weight is 214 g/mol. The van der Waals surface area contributed by atoms with E-state index < -0.39 is 0 Å². The fraction of sp³-hybridized carbons (Fsp3) is 0.154. The van der Waals surface area contributed by atoms with Gasteiger partial charge in [-0.15, -0.1) is 0 Å². The van der Waals surface area contributed by atoms with Crippen molar-refractivity contribution in [1.82, 2.24) is 4.98 Å². The zero-order valence-corrected chi connectivity index (χ0v) is 9.16. The minimum Gasteiger partial charge on any atom is -0.328 e. The summed E-state index contributed by atoms with van der Waals surface area (Å²) >= 11 is 0. The summed E-state index contributed by atoms with van der Waals surface area (Å²) in [5.41, 5.74) is 9.28. The molecule has 1 heterocycles. The molecule has 0 radical (unpaired) electrons. The molecule has 0 spiro atoms. The van der Waals surface area contributed by atoms with Crippen molar-refractivity contribution in [2.24, 2.45) is 5.73 Å². The van der Waals surface area contributed by atoms with Gasteiger partial charge in [-0.1, -0.05) is 29.8 Å². The summed E-state index contributed by atoms with van der Waals surface area (Å²) in [6, 6.07) is 9.99. The quantitative estimate of drug-likeness (QED) is 0.801. The summed E-state index contributed by atoms with van der Waals surface area (Å²) in [5.74, 6) is 0. The highest BCUT2D eigenvalue weighted by molar-refractivity contribution is 5.63. The highest BCUT2D eigenvalue weighted by Crippen LogP contribution is 2.18. The van der Waals surface area contributed by atoms with Crippen LogP contribution < -0.4 is 11.3 Å². The van der Waals surface area contributed by atoms with Crippen molar-refractivity contribution < 1.29 is 0 Å². The molecule has 0 aliphatic heterocycles. The van der Waals surface area contributed by atoms with E-state index in [2.05, 4.69) is 4.98 Å². The number of aromatic amines is 1. The van der Waals surface area contributed by atoms with Crippen molar-refractivity contribution in [3.63, 3.8) is 0 Å². The van der Waals surface area contributed by atoms with Crippen LogP contribution in [0.25, 0.3) is 11.1 Å². The molecular weight excluding hydrogens is 200 g/mol. The first-order valence-corrected chi connectivity index (χ1v) is 5.19. The molecule has 0 fully saturated rings. The summed E-state index contributed by atoms with van der Waals surface area (Å²) in [6.45, 7) is 2.30. The lowest BCUT2D eigenvalue weighted by Gasteiger charge is -2.03. The van der Waals surface area contributed by atoms with Crippen LogP contribution >= 0.6 is 0 Å². The van der Waals surface area contributed by atoms with Crippen LogP contribution in [0.3, 0.4) is 0 Å². The Morgan fingerprint density at radius 3 is 2.50 bits per heavy atom. The predicted octanol–water partition coefficient (Wildman–Crippen LogP) is 1.81. The second-order valence-electron chi connectivity index (χ2n) is 3.81. The van der Waals surface area contributed by atoms with Gasteiger partial charge in [-0.05, 0) is 24.1 Å². The van der Waals surface area contributed by atoms with E-state index in [0.29, 0.717) is 5.56 Å². The molecule has 0 aliphatic rings. The van der Waals surface area contributed by atoms with Gasteiger partial charge < -0.3 is 10.7 Å². The van der Waals surface area contributed by atoms with Gasteiger partial charge in [0.05, 0.1) is 0 Å². The number of aryl methyl sites for hydroxylation is 1. The molecule has 0 bridgehead atoms. The van der Waals surface area contributed by atoms with E-state index in [1.165, 1.54) is 5.56 Å². The van der Waals surface area contributed by atoms with Gasteiger partial charge >= 0.3 is 0 Å². The molecule has 0 unspecified atom stereocenters. The Labute approximate surface area is 93.9 Å². The van der Waals surface area contributed by atoms with Crippen LogP contribution in [0, 0.1) is 6.92 Å². The third-order valence-corrected chi connectivity index (χ3v) is 2.58. The van der Waals surface area contributed by atoms with Crippen molar-refractivity contribution in [2.75, 3.05) is 0 Å². The van der Waals surface area contributed by atoms with E-state index in [9.17, 15) is 4.79 Å². The first kappa shape index (κ1) is 10.6. The SMILES string of the molecule is Cc1ccc(-c2c[nH]c(=O)c(CN)c2)cc1. The van der Waals surface area contributed by atoms with Crippen LogP contribution in [-0.2, 0) is 6.54 Å². The second-order valence-corrected chi connectivity index (χ2v) is 3.81. The Hall–Kier alpha value is -1.87. The molecule has 2 aromatic rings. The number of hydrogen-bond donors (Lipinski definition) is 2. The van der Waals surface area contributed by atoms with Gasteiger partial charge in [0.2, 0.25) is 0 Å². The Kier molecular flexibility index (Phi) is 2.88. The van der Waals surface area contributed by atoms with Gasteiger partial charge in [0, 0.05) is 18.3 Å². The van der Waals surface area contributed by atoms with Crippen molar-refractivity contribution in [3.05, 3.63) is 58.0 Å². The van der Waals surface area contributed by atoms with E-state index in [1.54, 1.807) is 6.20 Å². The molecule has 0 atom stereocenters. The Bertz CT molecular complexity index is 541. The fourth-order valence-electron chi connectivity index (χ4n) is 1.60. The molecule has 1 aromatic carbocycles. The van der Waals surface area contributed by atoms with Gasteiger partial charge in [0.25, 0.3) is 5.56 Å². The highest BCUT2D eigenvalue weighted by Gasteiger charge is 2.01. The molecule has 3 nitrogen and oxygen atoms in total. The standard InChI is InChI=1S/C13H14N2O/c1-9-2-4-10(5-3-9)12-6-11(7-14)13(16)15-8-12/h2-6,8H,7,14H2,1H3,(H,15,16). The Morgan fingerprint density at radius 1 is 1.19 bits per heavy atom. The third kappa shape index (κ3) is 2.04. The van der Waals surface area contributed by atoms with E-state index in [4.69, 9.17) is 5.73 Å². The lowest BCUT2D eigenvalue weighted by molar-refractivity contribution is 1.02. The van der Waals surface area contributed by atoms with Crippen LogP contribution in [-0.4, -0.2) is 4.98 Å². The van der Waals surface area contributed by atoms with Gasteiger partial charge in [-0.2, -0.15) is 0 Å². The first-order valence-electron chi connectivity index (χ1n) is 5.19. The first-order chi connectivity index (χ1) is 7.70. The number of H-pyrrole nitrogens is 1. The maximum Gasteiger partial charge on any atom is 0.252 e. The minimum absolute atomic E-state index is 0.113. The van der Waals surface area contributed by atoms with E-state index in [1.807, 2.05) is 37.3 Å². The molecule has 3 N–H and O–H groups in total. The lowest BCUT2D eigenvalue weighted by atomic mass is 10.0.